The fraction of sp³-hybridized carbons (Fsp3) is 0.588. The number of fused-ring (bicyclic) bond motifs is 2. The predicted molar refractivity (Wildman–Crippen MR) is 247 cm³/mol. The number of phosphoric ester groups is 1. The smallest absolute Gasteiger partial charge is 0.387 e. The van der Waals surface area contributed by atoms with Crippen LogP contribution >= 0.6 is 30.0 Å². The van der Waals surface area contributed by atoms with Crippen molar-refractivity contribution in [3.8, 4) is 0 Å². The van der Waals surface area contributed by atoms with Crippen molar-refractivity contribution in [2.24, 2.45) is 13.0 Å². The third-order valence-corrected chi connectivity index (χ3v) is 19.0. The summed E-state index contributed by atoms with van der Waals surface area (Å²) in [6.45, 7) is -7.82. The van der Waals surface area contributed by atoms with Gasteiger partial charge in [0.1, 0.15) is 54.1 Å². The van der Waals surface area contributed by atoms with Crippen molar-refractivity contribution >= 4 is 75.9 Å². The summed E-state index contributed by atoms with van der Waals surface area (Å²) in [5.41, 5.74) is 7.57. The summed E-state index contributed by atoms with van der Waals surface area (Å²) < 4.78 is 98.9. The Morgan fingerprint density at radius 3 is 2.24 bits per heavy atom. The van der Waals surface area contributed by atoms with Gasteiger partial charge in [0.2, 0.25) is 11.7 Å². The molecular formula is C34H49N12O23P4S+. The molecule has 0 aliphatic carbocycles. The molecule has 0 saturated carbocycles. The van der Waals surface area contributed by atoms with E-state index in [0.717, 1.165) is 36.6 Å². The number of anilines is 2. The number of nitrogens with zero attached hydrogens (tertiary/aromatic N) is 8. The summed E-state index contributed by atoms with van der Waals surface area (Å²) in [6, 6.07) is 0.937. The molecule has 5 unspecified atom stereocenters. The van der Waals surface area contributed by atoms with Gasteiger partial charge in [-0.1, -0.05) is 4.98 Å². The third kappa shape index (κ3) is 11.6. The van der Waals surface area contributed by atoms with Crippen LogP contribution in [-0.4, -0.2) is 168 Å². The zero-order valence-corrected chi connectivity index (χ0v) is 42.8. The lowest BCUT2D eigenvalue weighted by Gasteiger charge is -2.28. The standard InChI is InChI=1S/C34H48N12O23P4S/c1-43-13-46(28-20(43)29(51)42-33(36)41-28)30-21(48)14(5-7-60-2)15(65-30)8-64-73(59,74)69-72(57,58)68-71(55,56)63-10-17-25(24(61-3)32(67-17)45-12-39-19-26(35)37-11-38-27(19)45)70(53,54)62-9-16-22(49)23(50)31(66-16)44-6-4-18(47)40-34(44)52/h4,6,11-17,21-25,30-32,48-50H,5,7-10H2,1-3H3,(H9-,35,36,37,38,40,41,42,47,51,52,53,54,55,56,57,58,59,74)/p+1/t14-,15-,16-,17?,21-,22-,23-,24-,25-,30-,31-,32-,73?/m1/s1. The number of H-pyrrole nitrogens is 2. The number of aliphatic hydroxyl groups excluding tert-OH is 3. The van der Waals surface area contributed by atoms with E-state index in [2.05, 4.69) is 33.5 Å². The lowest BCUT2D eigenvalue weighted by molar-refractivity contribution is -0.745. The largest absolute Gasteiger partial charge is 0.488 e. The van der Waals surface area contributed by atoms with E-state index in [0.29, 0.717) is 0 Å². The Kier molecular flexibility index (Phi) is 16.4. The fourth-order valence-corrected chi connectivity index (χ4v) is 14.9. The number of imidazole rings is 2. The molecule has 3 aliphatic heterocycles. The summed E-state index contributed by atoms with van der Waals surface area (Å²) in [5, 5.41) is 32.9. The first-order chi connectivity index (χ1) is 34.7. The summed E-state index contributed by atoms with van der Waals surface area (Å²) in [5.74, 6) is -1.16. The molecule has 74 heavy (non-hydrogen) atoms. The Labute approximate surface area is 418 Å². The number of hydrogen-bond acceptors (Lipinski definition) is 26. The number of aromatic nitrogens is 10. The number of aromatic amines is 2. The van der Waals surface area contributed by atoms with E-state index in [9.17, 15) is 63.0 Å². The summed E-state index contributed by atoms with van der Waals surface area (Å²) in [7, 11) is -13.1. The molecule has 3 saturated heterocycles. The van der Waals surface area contributed by atoms with Crippen LogP contribution in [-0.2, 0) is 78.4 Å². The fourth-order valence-electron chi connectivity index (χ4n) is 8.69. The molecule has 0 spiro atoms. The van der Waals surface area contributed by atoms with Crippen LogP contribution < -0.4 is 32.8 Å². The van der Waals surface area contributed by atoms with Crippen LogP contribution in [0.3, 0.4) is 0 Å². The van der Waals surface area contributed by atoms with Gasteiger partial charge in [-0.25, -0.2) is 37.8 Å². The molecule has 0 aromatic carbocycles. The van der Waals surface area contributed by atoms with Crippen molar-refractivity contribution in [3.63, 3.8) is 0 Å². The van der Waals surface area contributed by atoms with E-state index < -0.39 is 140 Å². The Balaban J connectivity index is 0.959. The molecule has 40 heteroatoms. The quantitative estimate of drug-likeness (QED) is 0.0252. The van der Waals surface area contributed by atoms with Gasteiger partial charge in [-0.15, -0.1) is 0 Å². The van der Waals surface area contributed by atoms with E-state index in [1.807, 2.05) is 4.98 Å². The minimum absolute atomic E-state index is 0.0143. The van der Waals surface area contributed by atoms with Gasteiger partial charge >= 0.3 is 41.3 Å². The maximum Gasteiger partial charge on any atom is 0.488 e. The Morgan fingerprint density at radius 1 is 0.838 bits per heavy atom. The second kappa shape index (κ2) is 21.7. The van der Waals surface area contributed by atoms with E-state index >= 15 is 0 Å². The van der Waals surface area contributed by atoms with E-state index in [4.69, 9.17) is 60.5 Å². The van der Waals surface area contributed by atoms with Gasteiger partial charge in [-0.05, 0) is 18.2 Å². The van der Waals surface area contributed by atoms with E-state index in [1.54, 1.807) is 0 Å². The molecule has 16 atom stereocenters. The molecule has 8 heterocycles. The number of nitrogen functional groups attached to an aromatic ring is 2. The Bertz CT molecular complexity index is 3270. The number of aryl methyl sites for hydroxylation is 1. The number of methoxy groups -OCH3 is 2. The van der Waals surface area contributed by atoms with Crippen LogP contribution in [0.4, 0.5) is 11.8 Å². The maximum atomic E-state index is 14.3. The molecule has 3 aliphatic rings. The van der Waals surface area contributed by atoms with Gasteiger partial charge in [0.05, 0.1) is 39.3 Å². The number of ether oxygens (including phenoxy) is 5. The van der Waals surface area contributed by atoms with Crippen molar-refractivity contribution in [3.05, 3.63) is 62.4 Å². The summed E-state index contributed by atoms with van der Waals surface area (Å²) in [4.78, 5) is 101. The van der Waals surface area contributed by atoms with Crippen molar-refractivity contribution in [2.75, 3.05) is 52.1 Å². The van der Waals surface area contributed by atoms with Gasteiger partial charge in [0.25, 0.3) is 17.1 Å². The molecular weight excluding hydrogens is 1100 g/mol. The lowest BCUT2D eigenvalue weighted by Crippen LogP contribution is -2.45. The second-order valence-corrected chi connectivity index (χ2v) is 24.7. The summed E-state index contributed by atoms with van der Waals surface area (Å²) in [6.07, 6.45) is -10.9. The second-order valence-electron chi connectivity index (χ2n) is 16.7. The van der Waals surface area contributed by atoms with Crippen molar-refractivity contribution in [1.29, 1.82) is 0 Å². The highest BCUT2D eigenvalue weighted by Gasteiger charge is 2.58. The predicted octanol–water partition coefficient (Wildman–Crippen LogP) is -3.40. The number of rotatable bonds is 21. The molecule has 13 N–H and O–H groups in total. The van der Waals surface area contributed by atoms with Gasteiger partial charge < -0.3 is 79.1 Å². The highest BCUT2D eigenvalue weighted by Crippen LogP contribution is 2.68. The number of phosphoric acid groups is 2. The van der Waals surface area contributed by atoms with E-state index in [1.165, 1.54) is 34.2 Å². The minimum atomic E-state index is -5.98. The molecule has 0 amide bonds. The first kappa shape index (κ1) is 56.1. The Hall–Kier alpha value is -4.16. The van der Waals surface area contributed by atoms with Crippen LogP contribution in [0.25, 0.3) is 22.3 Å². The van der Waals surface area contributed by atoms with Crippen molar-refractivity contribution in [2.45, 2.75) is 73.5 Å². The SMILES string of the molecule is COCC[C@H]1[C@@H](O)[C@H]([n+]2cn(C)c3c(=O)[nH]c(N)nc32)O[C@@H]1COP(O)(=S)OP(=O)(O)OP(=O)(O)OCC1O[C@@H](n2cnc3c(N)ncnc32)[C@H](OC)[C@@H]1P(=O)(O)OC[C@H]1O[C@@H](n2ccc(=O)[nH]c2=O)[C@H](O)[C@@H]1O. The third-order valence-electron chi connectivity index (χ3n) is 12.0. The van der Waals surface area contributed by atoms with Crippen LogP contribution in [0.2, 0.25) is 0 Å². The average molecular weight is 1150 g/mol. The topological polar surface area (TPSA) is 490 Å². The van der Waals surface area contributed by atoms with Gasteiger partial charge in [0, 0.05) is 39.0 Å². The Morgan fingerprint density at radius 2 is 1.54 bits per heavy atom. The average Bonchev–Trinajstić information content (AvgIpc) is 4.12. The number of aliphatic hydroxyl groups is 3. The highest BCUT2D eigenvalue weighted by atomic mass is 32.5. The first-order valence-electron chi connectivity index (χ1n) is 21.4. The van der Waals surface area contributed by atoms with Crippen LogP contribution in [0, 0.1) is 5.92 Å². The molecule has 0 radical (unpaired) electrons. The zero-order chi connectivity index (χ0) is 53.8. The molecule has 5 aromatic rings. The molecule has 8 rings (SSSR count). The first-order valence-corrected chi connectivity index (χ1v) is 28.7. The van der Waals surface area contributed by atoms with Gasteiger partial charge in [-0.2, -0.15) is 4.31 Å². The maximum absolute atomic E-state index is 14.3. The molecule has 408 valence electrons. The number of nitrogens with two attached hydrogens (primary N) is 2. The normalized spacial score (nSPS) is 30.6. The molecule has 3 fully saturated rings. The minimum Gasteiger partial charge on any atom is -0.387 e. The van der Waals surface area contributed by atoms with Crippen LogP contribution in [0.15, 0.2) is 45.6 Å². The van der Waals surface area contributed by atoms with E-state index in [-0.39, 0.29) is 47.1 Å². The van der Waals surface area contributed by atoms with Crippen LogP contribution in [0.1, 0.15) is 25.1 Å². The van der Waals surface area contributed by atoms with Crippen molar-refractivity contribution < 1.29 is 99.0 Å². The van der Waals surface area contributed by atoms with Gasteiger partial charge in [0.15, 0.2) is 30.2 Å². The summed E-state index contributed by atoms with van der Waals surface area (Å²) >= 11 is 4.92. The highest BCUT2D eigenvalue weighted by molar-refractivity contribution is 8.08. The number of hydrogen-bond donors (Lipinski definition) is 11. The molecule has 5 aromatic heterocycles. The zero-order valence-electron chi connectivity index (χ0n) is 38.4. The monoisotopic (exact) mass is 1150 g/mol. The molecule has 0 bridgehead atoms. The number of nitrogens with one attached hydrogen (secondary N) is 2. The van der Waals surface area contributed by atoms with Crippen molar-refractivity contribution in [1.82, 2.24) is 43.6 Å². The lowest BCUT2D eigenvalue weighted by atomic mass is 9.95. The van der Waals surface area contributed by atoms with Crippen LogP contribution in [0.5, 0.6) is 0 Å². The molecule has 35 nitrogen and oxygen atoms in total. The van der Waals surface area contributed by atoms with Gasteiger partial charge in [-0.3, -0.25) is 42.3 Å².